The maximum Gasteiger partial charge on any atom is 0.433 e. The minimum atomic E-state index is -4.89. The van der Waals surface area contributed by atoms with Crippen LogP contribution < -0.4 is 5.32 Å². The van der Waals surface area contributed by atoms with Gasteiger partial charge in [-0.05, 0) is 12.1 Å². The predicted molar refractivity (Wildman–Crippen MR) is 86.4 cm³/mol. The number of halogens is 6. The number of nitrogens with zero attached hydrogens (tertiary/aromatic N) is 5. The summed E-state index contributed by atoms with van der Waals surface area (Å²) >= 11 is 0. The number of anilines is 1. The van der Waals surface area contributed by atoms with E-state index >= 15 is 0 Å². The zero-order valence-corrected chi connectivity index (χ0v) is 14.4. The molecule has 3 heterocycles. The fraction of sp³-hybridized carbons (Fsp3) is 0.188. The van der Waals surface area contributed by atoms with Crippen LogP contribution in [0.25, 0.3) is 11.5 Å². The van der Waals surface area contributed by atoms with E-state index in [1.54, 1.807) is 0 Å². The van der Waals surface area contributed by atoms with Crippen LogP contribution in [0.2, 0.25) is 0 Å². The van der Waals surface area contributed by atoms with Crippen molar-refractivity contribution in [1.29, 1.82) is 0 Å². The summed E-state index contributed by atoms with van der Waals surface area (Å²) in [6.07, 6.45) is -7.15. The van der Waals surface area contributed by atoms with Gasteiger partial charge in [0.25, 0.3) is 5.91 Å². The van der Waals surface area contributed by atoms with E-state index in [0.717, 1.165) is 12.1 Å². The van der Waals surface area contributed by atoms with Crippen molar-refractivity contribution in [3.05, 3.63) is 53.9 Å². The van der Waals surface area contributed by atoms with Crippen LogP contribution in [0.15, 0.2) is 36.8 Å². The molecule has 152 valence electrons. The zero-order valence-electron chi connectivity index (χ0n) is 14.4. The van der Waals surface area contributed by atoms with Gasteiger partial charge in [-0.15, -0.1) is 0 Å². The maximum atomic E-state index is 13.2. The monoisotopic (exact) mass is 416 g/mol. The molecule has 0 unspecified atom stereocenters. The minimum Gasteiger partial charge on any atom is -0.331 e. The second-order valence-corrected chi connectivity index (χ2v) is 5.71. The Balaban J connectivity index is 1.99. The van der Waals surface area contributed by atoms with Gasteiger partial charge in [-0.1, -0.05) is 6.07 Å². The predicted octanol–water partition coefficient (Wildman–Crippen LogP) is 3.56. The molecule has 0 radical (unpaired) electrons. The number of amides is 1. The molecular formula is C16H10F6N6O. The number of alkyl halides is 6. The van der Waals surface area contributed by atoms with Crippen LogP contribution in [0, 0.1) is 0 Å². The van der Waals surface area contributed by atoms with Crippen molar-refractivity contribution in [2.75, 3.05) is 5.32 Å². The topological polar surface area (TPSA) is 85.6 Å². The lowest BCUT2D eigenvalue weighted by molar-refractivity contribution is -0.141. The van der Waals surface area contributed by atoms with Gasteiger partial charge in [0.1, 0.15) is 28.6 Å². The first-order valence-corrected chi connectivity index (χ1v) is 7.74. The third kappa shape index (κ3) is 4.50. The third-order valence-corrected chi connectivity index (χ3v) is 3.58. The van der Waals surface area contributed by atoms with Crippen molar-refractivity contribution in [2.24, 2.45) is 7.05 Å². The first-order chi connectivity index (χ1) is 13.4. The summed E-state index contributed by atoms with van der Waals surface area (Å²) in [6.45, 7) is 0. The molecule has 7 nitrogen and oxygen atoms in total. The molecule has 3 aromatic rings. The minimum absolute atomic E-state index is 0.0994. The number of aryl methyl sites for hydroxylation is 1. The lowest BCUT2D eigenvalue weighted by Crippen LogP contribution is -2.19. The van der Waals surface area contributed by atoms with Gasteiger partial charge < -0.3 is 9.88 Å². The van der Waals surface area contributed by atoms with Gasteiger partial charge in [-0.3, -0.25) is 4.79 Å². The summed E-state index contributed by atoms with van der Waals surface area (Å²) in [5, 5.41) is 2.01. The first-order valence-electron chi connectivity index (χ1n) is 7.74. The maximum absolute atomic E-state index is 13.2. The standard InChI is InChI=1S/C16H10F6N6O/c1-28-7-23-6-9(28)13-24-8(5-11(26-13)16(20,21)22)14(29)27-12-4-2-3-10(25-12)15(17,18)19/h2-7H,1H3,(H,25,27,29). The molecule has 0 atom stereocenters. The fourth-order valence-corrected chi connectivity index (χ4v) is 2.24. The zero-order chi connectivity index (χ0) is 21.4. The van der Waals surface area contributed by atoms with Gasteiger partial charge in [0, 0.05) is 13.1 Å². The van der Waals surface area contributed by atoms with E-state index in [2.05, 4.69) is 19.9 Å². The number of nitrogens with one attached hydrogen (secondary N) is 1. The van der Waals surface area contributed by atoms with Gasteiger partial charge in [0.05, 0.1) is 12.5 Å². The van der Waals surface area contributed by atoms with Crippen LogP contribution >= 0.6 is 0 Å². The average molecular weight is 416 g/mol. The molecule has 3 rings (SSSR count). The Morgan fingerprint density at radius 3 is 2.28 bits per heavy atom. The number of aromatic nitrogens is 5. The van der Waals surface area contributed by atoms with E-state index in [1.807, 2.05) is 5.32 Å². The average Bonchev–Trinajstić information content (AvgIpc) is 3.06. The van der Waals surface area contributed by atoms with Crippen LogP contribution in [0.4, 0.5) is 32.2 Å². The summed E-state index contributed by atoms with van der Waals surface area (Å²) in [5.74, 6) is -2.12. The number of pyridine rings is 1. The fourth-order valence-electron chi connectivity index (χ4n) is 2.24. The van der Waals surface area contributed by atoms with E-state index in [4.69, 9.17) is 0 Å². The highest BCUT2D eigenvalue weighted by atomic mass is 19.4. The first kappa shape index (κ1) is 20.2. The Hall–Kier alpha value is -3.51. The number of carbonyl (C=O) groups is 1. The Morgan fingerprint density at radius 1 is 1.00 bits per heavy atom. The SMILES string of the molecule is Cn1cncc1-c1nc(C(=O)Nc2cccc(C(F)(F)F)n2)cc(C(F)(F)F)n1. The molecule has 0 aliphatic rings. The molecule has 0 fully saturated rings. The number of imidazole rings is 1. The van der Waals surface area contributed by atoms with Crippen molar-refractivity contribution in [3.8, 4) is 11.5 Å². The Kier molecular flexibility index (Phi) is 4.98. The van der Waals surface area contributed by atoms with Crippen molar-refractivity contribution < 1.29 is 31.1 Å². The molecule has 0 saturated carbocycles. The molecule has 0 aromatic carbocycles. The quantitative estimate of drug-likeness (QED) is 0.660. The number of carbonyl (C=O) groups excluding carboxylic acids is 1. The van der Waals surface area contributed by atoms with Gasteiger partial charge in [-0.2, -0.15) is 26.3 Å². The molecule has 29 heavy (non-hydrogen) atoms. The summed E-state index contributed by atoms with van der Waals surface area (Å²) in [4.78, 5) is 26.5. The van der Waals surface area contributed by atoms with Crippen LogP contribution in [0.5, 0.6) is 0 Å². The molecule has 0 aliphatic carbocycles. The Morgan fingerprint density at radius 2 is 1.69 bits per heavy atom. The summed E-state index contributed by atoms with van der Waals surface area (Å²) in [6, 6.07) is 3.13. The van der Waals surface area contributed by atoms with Crippen molar-refractivity contribution in [3.63, 3.8) is 0 Å². The molecule has 0 bridgehead atoms. The van der Waals surface area contributed by atoms with E-state index in [0.29, 0.717) is 12.1 Å². The van der Waals surface area contributed by atoms with Gasteiger partial charge in [0.15, 0.2) is 5.82 Å². The van der Waals surface area contributed by atoms with Crippen LogP contribution in [-0.2, 0) is 19.4 Å². The molecule has 1 N–H and O–H groups in total. The van der Waals surface area contributed by atoms with Crippen molar-refractivity contribution in [1.82, 2.24) is 24.5 Å². The highest BCUT2D eigenvalue weighted by molar-refractivity contribution is 6.02. The highest BCUT2D eigenvalue weighted by Gasteiger charge is 2.35. The largest absolute Gasteiger partial charge is 0.433 e. The molecular weight excluding hydrogens is 406 g/mol. The number of hydrogen-bond acceptors (Lipinski definition) is 5. The van der Waals surface area contributed by atoms with Gasteiger partial charge in [0.2, 0.25) is 0 Å². The molecule has 0 spiro atoms. The second kappa shape index (κ2) is 7.14. The van der Waals surface area contributed by atoms with Gasteiger partial charge >= 0.3 is 12.4 Å². The van der Waals surface area contributed by atoms with Crippen molar-refractivity contribution >= 4 is 11.7 Å². The van der Waals surface area contributed by atoms with Crippen LogP contribution in [0.3, 0.4) is 0 Å². The van der Waals surface area contributed by atoms with E-state index in [1.165, 1.54) is 24.1 Å². The molecule has 13 heteroatoms. The third-order valence-electron chi connectivity index (χ3n) is 3.58. The lowest BCUT2D eigenvalue weighted by atomic mass is 10.2. The summed E-state index contributed by atoms with van der Waals surface area (Å²) < 4.78 is 79.1. The Bertz CT molecular complexity index is 1060. The highest BCUT2D eigenvalue weighted by Crippen LogP contribution is 2.30. The van der Waals surface area contributed by atoms with Crippen molar-refractivity contribution in [2.45, 2.75) is 12.4 Å². The smallest absolute Gasteiger partial charge is 0.331 e. The lowest BCUT2D eigenvalue weighted by Gasteiger charge is -2.11. The molecule has 0 aliphatic heterocycles. The summed E-state index contributed by atoms with van der Waals surface area (Å²) in [7, 11) is 1.48. The van der Waals surface area contributed by atoms with Gasteiger partial charge in [-0.25, -0.2) is 19.9 Å². The molecule has 3 aromatic heterocycles. The van der Waals surface area contributed by atoms with Crippen LogP contribution in [-0.4, -0.2) is 30.4 Å². The Labute approximate surface area is 158 Å². The molecule has 0 saturated heterocycles. The van der Waals surface area contributed by atoms with E-state index in [-0.39, 0.29) is 5.69 Å². The molecule has 1 amide bonds. The normalized spacial score (nSPS) is 12.1. The second-order valence-electron chi connectivity index (χ2n) is 5.71. The number of hydrogen-bond donors (Lipinski definition) is 1. The van der Waals surface area contributed by atoms with E-state index in [9.17, 15) is 31.1 Å². The van der Waals surface area contributed by atoms with Crippen LogP contribution in [0.1, 0.15) is 21.9 Å². The summed E-state index contributed by atoms with van der Waals surface area (Å²) in [5.41, 5.74) is -3.28. The van der Waals surface area contributed by atoms with E-state index < -0.39 is 47.0 Å². The number of rotatable bonds is 3.